The van der Waals surface area contributed by atoms with Crippen molar-refractivity contribution in [2.45, 2.75) is 50.9 Å². The lowest BCUT2D eigenvalue weighted by Gasteiger charge is -2.42. The Morgan fingerprint density at radius 1 is 1.14 bits per heavy atom. The smallest absolute Gasteiger partial charge is 0.112 e. The van der Waals surface area contributed by atoms with Gasteiger partial charge in [0.05, 0.1) is 17.8 Å². The molecule has 2 saturated heterocycles. The summed E-state index contributed by atoms with van der Waals surface area (Å²) in [5, 5.41) is 3.41. The Kier molecular flexibility index (Phi) is 2.18. The Balaban J connectivity index is 2.25. The predicted octanol–water partition coefficient (Wildman–Crippen LogP) is 1.32. The molecule has 82 valence electrons. The van der Waals surface area contributed by atoms with Crippen LogP contribution in [0, 0.1) is 0 Å². The SMILES string of the molecule is CC1(C)CC2(CNCCO2)C(C)(C)O1. The normalized spacial score (nSPS) is 40.3. The minimum absolute atomic E-state index is 0.0669. The maximum Gasteiger partial charge on any atom is 0.112 e. The summed E-state index contributed by atoms with van der Waals surface area (Å²) in [4.78, 5) is 0. The van der Waals surface area contributed by atoms with Gasteiger partial charge < -0.3 is 14.8 Å². The van der Waals surface area contributed by atoms with E-state index in [2.05, 4.69) is 33.0 Å². The van der Waals surface area contributed by atoms with Crippen molar-refractivity contribution in [3.8, 4) is 0 Å². The molecule has 3 nitrogen and oxygen atoms in total. The number of hydrogen-bond donors (Lipinski definition) is 1. The van der Waals surface area contributed by atoms with E-state index in [0.29, 0.717) is 0 Å². The molecule has 0 aromatic carbocycles. The average molecular weight is 199 g/mol. The summed E-state index contributed by atoms with van der Waals surface area (Å²) >= 11 is 0. The summed E-state index contributed by atoms with van der Waals surface area (Å²) in [7, 11) is 0. The fourth-order valence-corrected chi connectivity index (χ4v) is 2.88. The molecule has 2 fully saturated rings. The molecule has 3 heteroatoms. The van der Waals surface area contributed by atoms with Crippen molar-refractivity contribution in [1.82, 2.24) is 5.32 Å². The van der Waals surface area contributed by atoms with E-state index in [9.17, 15) is 0 Å². The van der Waals surface area contributed by atoms with Gasteiger partial charge in [-0.2, -0.15) is 0 Å². The maximum absolute atomic E-state index is 6.06. The first-order valence-corrected chi connectivity index (χ1v) is 5.42. The Hall–Kier alpha value is -0.120. The highest BCUT2D eigenvalue weighted by atomic mass is 16.6. The van der Waals surface area contributed by atoms with E-state index in [-0.39, 0.29) is 16.8 Å². The Labute approximate surface area is 86.2 Å². The van der Waals surface area contributed by atoms with Crippen molar-refractivity contribution in [2.24, 2.45) is 0 Å². The monoisotopic (exact) mass is 199 g/mol. The molecule has 0 aromatic heterocycles. The molecular weight excluding hydrogens is 178 g/mol. The summed E-state index contributed by atoms with van der Waals surface area (Å²) in [6, 6.07) is 0. The van der Waals surface area contributed by atoms with Crippen LogP contribution in [0.3, 0.4) is 0 Å². The largest absolute Gasteiger partial charge is 0.369 e. The fraction of sp³-hybridized carbons (Fsp3) is 1.00. The minimum Gasteiger partial charge on any atom is -0.369 e. The third kappa shape index (κ3) is 1.47. The van der Waals surface area contributed by atoms with E-state index in [1.165, 1.54) is 0 Å². The van der Waals surface area contributed by atoms with Crippen LogP contribution in [0.25, 0.3) is 0 Å². The van der Waals surface area contributed by atoms with Crippen molar-refractivity contribution in [1.29, 1.82) is 0 Å². The van der Waals surface area contributed by atoms with E-state index >= 15 is 0 Å². The summed E-state index contributed by atoms with van der Waals surface area (Å²) in [6.45, 7) is 11.2. The molecule has 0 aromatic rings. The lowest BCUT2D eigenvalue weighted by atomic mass is 9.81. The molecule has 0 bridgehead atoms. The zero-order chi connectivity index (χ0) is 10.4. The lowest BCUT2D eigenvalue weighted by Crippen LogP contribution is -2.59. The third-order valence-corrected chi connectivity index (χ3v) is 3.41. The van der Waals surface area contributed by atoms with Crippen LogP contribution >= 0.6 is 0 Å². The molecule has 14 heavy (non-hydrogen) atoms. The number of morpholine rings is 1. The standard InChI is InChI=1S/C11H21NO2/c1-9(2)7-11(10(3,4)14-9)8-12-5-6-13-11/h12H,5-8H2,1-4H3. The molecule has 1 atom stereocenters. The molecule has 0 amide bonds. The molecular formula is C11H21NO2. The van der Waals surface area contributed by atoms with Gasteiger partial charge in [-0.3, -0.25) is 0 Å². The van der Waals surface area contributed by atoms with Gasteiger partial charge in [-0.15, -0.1) is 0 Å². The van der Waals surface area contributed by atoms with Crippen LogP contribution in [0.1, 0.15) is 34.1 Å². The van der Waals surface area contributed by atoms with Gasteiger partial charge in [0.15, 0.2) is 0 Å². The quantitative estimate of drug-likeness (QED) is 0.638. The topological polar surface area (TPSA) is 30.5 Å². The van der Waals surface area contributed by atoms with Crippen LogP contribution < -0.4 is 5.32 Å². The molecule has 1 spiro atoms. The van der Waals surface area contributed by atoms with E-state index in [1.54, 1.807) is 0 Å². The zero-order valence-electron chi connectivity index (χ0n) is 9.64. The van der Waals surface area contributed by atoms with Gasteiger partial charge in [0.2, 0.25) is 0 Å². The molecule has 2 aliphatic rings. The molecule has 2 aliphatic heterocycles. The molecule has 0 aliphatic carbocycles. The molecule has 2 heterocycles. The minimum atomic E-state index is -0.191. The van der Waals surface area contributed by atoms with Crippen LogP contribution in [-0.4, -0.2) is 36.5 Å². The summed E-state index contributed by atoms with van der Waals surface area (Å²) in [5.41, 5.74) is -0.388. The molecule has 1 N–H and O–H groups in total. The highest BCUT2D eigenvalue weighted by Crippen LogP contribution is 2.47. The van der Waals surface area contributed by atoms with Crippen LogP contribution in [0.5, 0.6) is 0 Å². The van der Waals surface area contributed by atoms with Gasteiger partial charge in [0.1, 0.15) is 5.60 Å². The number of rotatable bonds is 0. The first-order valence-electron chi connectivity index (χ1n) is 5.42. The zero-order valence-corrected chi connectivity index (χ0v) is 9.64. The fourth-order valence-electron chi connectivity index (χ4n) is 2.88. The molecule has 2 rings (SSSR count). The second kappa shape index (κ2) is 2.94. The van der Waals surface area contributed by atoms with E-state index in [4.69, 9.17) is 9.47 Å². The van der Waals surface area contributed by atoms with Crippen molar-refractivity contribution in [2.75, 3.05) is 19.7 Å². The summed E-state index contributed by atoms with van der Waals surface area (Å²) < 4.78 is 12.1. The van der Waals surface area contributed by atoms with Crippen molar-refractivity contribution < 1.29 is 9.47 Å². The van der Waals surface area contributed by atoms with Crippen molar-refractivity contribution in [3.63, 3.8) is 0 Å². The van der Waals surface area contributed by atoms with Gasteiger partial charge in [-0.1, -0.05) is 0 Å². The Morgan fingerprint density at radius 2 is 1.86 bits per heavy atom. The highest BCUT2D eigenvalue weighted by molar-refractivity contribution is 5.09. The van der Waals surface area contributed by atoms with Gasteiger partial charge in [-0.25, -0.2) is 0 Å². The lowest BCUT2D eigenvalue weighted by molar-refractivity contribution is -0.160. The highest BCUT2D eigenvalue weighted by Gasteiger charge is 2.58. The van der Waals surface area contributed by atoms with Crippen molar-refractivity contribution >= 4 is 0 Å². The molecule has 1 unspecified atom stereocenters. The van der Waals surface area contributed by atoms with E-state index in [0.717, 1.165) is 26.1 Å². The van der Waals surface area contributed by atoms with Gasteiger partial charge in [0.25, 0.3) is 0 Å². The molecule has 0 saturated carbocycles. The average Bonchev–Trinajstić information content (AvgIpc) is 2.18. The number of hydrogen-bond acceptors (Lipinski definition) is 3. The van der Waals surface area contributed by atoms with Crippen LogP contribution in [0.4, 0.5) is 0 Å². The van der Waals surface area contributed by atoms with E-state index < -0.39 is 0 Å². The van der Waals surface area contributed by atoms with Crippen LogP contribution in [-0.2, 0) is 9.47 Å². The Bertz CT molecular complexity index is 229. The number of nitrogens with one attached hydrogen (secondary N) is 1. The molecule has 0 radical (unpaired) electrons. The second-order valence-electron chi connectivity index (χ2n) is 5.57. The van der Waals surface area contributed by atoms with Crippen molar-refractivity contribution in [3.05, 3.63) is 0 Å². The van der Waals surface area contributed by atoms with Gasteiger partial charge in [-0.05, 0) is 27.7 Å². The number of ether oxygens (including phenoxy) is 2. The summed E-state index contributed by atoms with van der Waals surface area (Å²) in [6.07, 6.45) is 0.972. The third-order valence-electron chi connectivity index (χ3n) is 3.41. The van der Waals surface area contributed by atoms with Gasteiger partial charge in [0, 0.05) is 19.5 Å². The van der Waals surface area contributed by atoms with Crippen LogP contribution in [0.15, 0.2) is 0 Å². The van der Waals surface area contributed by atoms with Crippen LogP contribution in [0.2, 0.25) is 0 Å². The summed E-state index contributed by atoms with van der Waals surface area (Å²) in [5.74, 6) is 0. The van der Waals surface area contributed by atoms with E-state index in [1.807, 2.05) is 0 Å². The predicted molar refractivity (Wildman–Crippen MR) is 55.4 cm³/mol. The first-order chi connectivity index (χ1) is 6.37. The maximum atomic E-state index is 6.06. The first kappa shape index (κ1) is 10.4. The second-order valence-corrected chi connectivity index (χ2v) is 5.57. The Morgan fingerprint density at radius 3 is 2.29 bits per heavy atom. The van der Waals surface area contributed by atoms with Gasteiger partial charge >= 0.3 is 0 Å².